The van der Waals surface area contributed by atoms with Crippen LogP contribution in [0.3, 0.4) is 0 Å². The van der Waals surface area contributed by atoms with Crippen LogP contribution < -0.4 is 5.32 Å². The number of hydrogen-bond acceptors (Lipinski definition) is 3. The van der Waals surface area contributed by atoms with Crippen molar-refractivity contribution in [2.75, 3.05) is 13.2 Å². The molecule has 0 bridgehead atoms. The van der Waals surface area contributed by atoms with Gasteiger partial charge in [0.05, 0.1) is 18.3 Å². The second-order valence-electron chi connectivity index (χ2n) is 4.94. The summed E-state index contributed by atoms with van der Waals surface area (Å²) in [6.07, 6.45) is 1.92. The first-order valence-electron chi connectivity index (χ1n) is 6.60. The molecule has 4 unspecified atom stereocenters. The van der Waals surface area contributed by atoms with Crippen LogP contribution in [0.2, 0.25) is 0 Å². The third-order valence-electron chi connectivity index (χ3n) is 3.40. The standard InChI is InChI=1S/C13H27NO2/c1-6-14-11-8-12(13(11)15-7-2)16-10(5)9(3)4/h9-14H,6-8H2,1-5H3. The summed E-state index contributed by atoms with van der Waals surface area (Å²) in [5, 5.41) is 3.44. The SMILES string of the molecule is CCNC1CC(OC(C)C(C)C)C1OCC. The zero-order valence-electron chi connectivity index (χ0n) is 11.3. The molecule has 0 amide bonds. The Balaban J connectivity index is 2.37. The third kappa shape index (κ3) is 3.44. The fourth-order valence-electron chi connectivity index (χ4n) is 2.03. The lowest BCUT2D eigenvalue weighted by Gasteiger charge is -2.45. The van der Waals surface area contributed by atoms with E-state index in [9.17, 15) is 0 Å². The Morgan fingerprint density at radius 1 is 1.25 bits per heavy atom. The van der Waals surface area contributed by atoms with Crippen molar-refractivity contribution < 1.29 is 9.47 Å². The lowest BCUT2D eigenvalue weighted by atomic mass is 9.84. The number of likely N-dealkylation sites (N-methyl/N-ethyl adjacent to an activating group) is 1. The van der Waals surface area contributed by atoms with Gasteiger partial charge in [-0.3, -0.25) is 0 Å². The predicted molar refractivity (Wildman–Crippen MR) is 66.7 cm³/mol. The van der Waals surface area contributed by atoms with E-state index in [1.165, 1.54) is 0 Å². The minimum atomic E-state index is 0.242. The molecule has 3 nitrogen and oxygen atoms in total. The Labute approximate surface area is 99.9 Å². The van der Waals surface area contributed by atoms with Crippen molar-refractivity contribution in [1.29, 1.82) is 0 Å². The van der Waals surface area contributed by atoms with Crippen molar-refractivity contribution in [3.05, 3.63) is 0 Å². The average molecular weight is 229 g/mol. The van der Waals surface area contributed by atoms with E-state index in [1.54, 1.807) is 0 Å². The van der Waals surface area contributed by atoms with E-state index in [1.807, 2.05) is 6.92 Å². The maximum Gasteiger partial charge on any atom is 0.0990 e. The van der Waals surface area contributed by atoms with E-state index in [2.05, 4.69) is 33.0 Å². The van der Waals surface area contributed by atoms with Crippen LogP contribution in [0, 0.1) is 5.92 Å². The highest BCUT2D eigenvalue weighted by Gasteiger charge is 2.43. The van der Waals surface area contributed by atoms with Gasteiger partial charge in [0, 0.05) is 12.6 Å². The van der Waals surface area contributed by atoms with Gasteiger partial charge in [0.1, 0.15) is 0 Å². The second kappa shape index (κ2) is 6.58. The highest BCUT2D eigenvalue weighted by molar-refractivity contribution is 4.97. The van der Waals surface area contributed by atoms with E-state index in [4.69, 9.17) is 9.47 Å². The van der Waals surface area contributed by atoms with Gasteiger partial charge in [-0.1, -0.05) is 20.8 Å². The Morgan fingerprint density at radius 2 is 1.94 bits per heavy atom. The van der Waals surface area contributed by atoms with Crippen LogP contribution >= 0.6 is 0 Å². The zero-order valence-corrected chi connectivity index (χ0v) is 11.3. The van der Waals surface area contributed by atoms with Crippen molar-refractivity contribution in [1.82, 2.24) is 5.32 Å². The third-order valence-corrected chi connectivity index (χ3v) is 3.40. The summed E-state index contributed by atoms with van der Waals surface area (Å²) >= 11 is 0. The molecule has 0 aromatic rings. The Bertz CT molecular complexity index is 196. The lowest BCUT2D eigenvalue weighted by Crippen LogP contribution is -2.60. The maximum atomic E-state index is 6.02. The second-order valence-corrected chi connectivity index (χ2v) is 4.94. The molecular formula is C13H27NO2. The molecule has 0 spiro atoms. The monoisotopic (exact) mass is 229 g/mol. The molecule has 1 aliphatic carbocycles. The van der Waals surface area contributed by atoms with Crippen molar-refractivity contribution in [3.8, 4) is 0 Å². The van der Waals surface area contributed by atoms with Gasteiger partial charge < -0.3 is 14.8 Å². The van der Waals surface area contributed by atoms with E-state index in [0.717, 1.165) is 19.6 Å². The van der Waals surface area contributed by atoms with Gasteiger partial charge in [-0.25, -0.2) is 0 Å². The molecule has 16 heavy (non-hydrogen) atoms. The summed E-state index contributed by atoms with van der Waals surface area (Å²) in [5.41, 5.74) is 0. The van der Waals surface area contributed by atoms with Gasteiger partial charge in [-0.2, -0.15) is 0 Å². The molecule has 1 N–H and O–H groups in total. The maximum absolute atomic E-state index is 6.02. The molecule has 4 atom stereocenters. The lowest BCUT2D eigenvalue weighted by molar-refractivity contribution is -0.169. The molecule has 96 valence electrons. The summed E-state index contributed by atoms with van der Waals surface area (Å²) < 4.78 is 11.8. The van der Waals surface area contributed by atoms with Crippen LogP contribution in [0.15, 0.2) is 0 Å². The highest BCUT2D eigenvalue weighted by atomic mass is 16.6. The van der Waals surface area contributed by atoms with E-state index < -0.39 is 0 Å². The fourth-order valence-corrected chi connectivity index (χ4v) is 2.03. The summed E-state index contributed by atoms with van der Waals surface area (Å²) in [5.74, 6) is 0.570. The summed E-state index contributed by atoms with van der Waals surface area (Å²) in [6, 6.07) is 0.481. The van der Waals surface area contributed by atoms with Gasteiger partial charge in [-0.15, -0.1) is 0 Å². The Morgan fingerprint density at radius 3 is 2.44 bits per heavy atom. The van der Waals surface area contributed by atoms with Crippen LogP contribution in [-0.4, -0.2) is 37.5 Å². The van der Waals surface area contributed by atoms with Crippen molar-refractivity contribution in [2.24, 2.45) is 5.92 Å². The van der Waals surface area contributed by atoms with Crippen LogP contribution in [0.5, 0.6) is 0 Å². The van der Waals surface area contributed by atoms with Crippen LogP contribution in [-0.2, 0) is 9.47 Å². The molecule has 0 aromatic carbocycles. The molecule has 3 heteroatoms. The molecule has 1 rings (SSSR count). The molecule has 0 heterocycles. The first-order chi connectivity index (χ1) is 7.60. The van der Waals surface area contributed by atoms with Gasteiger partial charge in [-0.05, 0) is 32.7 Å². The van der Waals surface area contributed by atoms with Crippen molar-refractivity contribution >= 4 is 0 Å². The minimum Gasteiger partial charge on any atom is -0.374 e. The molecule has 0 saturated heterocycles. The summed E-state index contributed by atoms with van der Waals surface area (Å²) in [4.78, 5) is 0. The quantitative estimate of drug-likeness (QED) is 0.726. The fraction of sp³-hybridized carbons (Fsp3) is 1.00. The average Bonchev–Trinajstić information content (AvgIpc) is 2.24. The normalized spacial score (nSPS) is 31.5. The largest absolute Gasteiger partial charge is 0.374 e. The van der Waals surface area contributed by atoms with Crippen LogP contribution in [0.25, 0.3) is 0 Å². The van der Waals surface area contributed by atoms with Crippen molar-refractivity contribution in [3.63, 3.8) is 0 Å². The van der Waals surface area contributed by atoms with Gasteiger partial charge in [0.2, 0.25) is 0 Å². The van der Waals surface area contributed by atoms with Gasteiger partial charge in [0.15, 0.2) is 0 Å². The molecule has 0 radical (unpaired) electrons. The van der Waals surface area contributed by atoms with Crippen LogP contribution in [0.4, 0.5) is 0 Å². The zero-order chi connectivity index (χ0) is 12.1. The summed E-state index contributed by atoms with van der Waals surface area (Å²) in [7, 11) is 0. The van der Waals surface area contributed by atoms with Crippen molar-refractivity contribution in [2.45, 2.75) is 65.4 Å². The number of nitrogens with one attached hydrogen (secondary N) is 1. The van der Waals surface area contributed by atoms with Gasteiger partial charge in [0.25, 0.3) is 0 Å². The van der Waals surface area contributed by atoms with Crippen LogP contribution in [0.1, 0.15) is 41.0 Å². The van der Waals surface area contributed by atoms with Gasteiger partial charge >= 0.3 is 0 Å². The topological polar surface area (TPSA) is 30.5 Å². The van der Waals surface area contributed by atoms with E-state index in [0.29, 0.717) is 18.1 Å². The molecule has 1 fully saturated rings. The minimum absolute atomic E-state index is 0.242. The molecular weight excluding hydrogens is 202 g/mol. The first kappa shape index (κ1) is 13.9. The number of rotatable bonds is 7. The Kier molecular flexibility index (Phi) is 5.73. The number of hydrogen-bond donors (Lipinski definition) is 1. The number of ether oxygens (including phenoxy) is 2. The van der Waals surface area contributed by atoms with E-state index >= 15 is 0 Å². The molecule has 1 saturated carbocycles. The highest BCUT2D eigenvalue weighted by Crippen LogP contribution is 2.29. The smallest absolute Gasteiger partial charge is 0.0990 e. The summed E-state index contributed by atoms with van der Waals surface area (Å²) in [6.45, 7) is 12.5. The van der Waals surface area contributed by atoms with E-state index in [-0.39, 0.29) is 12.2 Å². The predicted octanol–water partition coefficient (Wildman–Crippen LogP) is 2.20. The molecule has 0 aliphatic heterocycles. The Hall–Kier alpha value is -0.120. The first-order valence-corrected chi connectivity index (χ1v) is 6.60. The molecule has 0 aromatic heterocycles. The molecule has 1 aliphatic rings.